The van der Waals surface area contributed by atoms with Gasteiger partial charge >= 0.3 is 0 Å². The molecule has 0 aromatic carbocycles. The van der Waals surface area contributed by atoms with E-state index in [9.17, 15) is 5.11 Å². The molecule has 106 valence electrons. The SMILES string of the molecule is COCCNCC(O)CN(CCC#N)CC(C)C. The van der Waals surface area contributed by atoms with Crippen molar-refractivity contribution in [2.45, 2.75) is 26.4 Å². The molecular formula is C13H27N3O2. The zero-order valence-corrected chi connectivity index (χ0v) is 11.9. The third kappa shape index (κ3) is 10.5. The second kappa shape index (κ2) is 11.4. The van der Waals surface area contributed by atoms with Crippen LogP contribution >= 0.6 is 0 Å². The van der Waals surface area contributed by atoms with Gasteiger partial charge in [0.25, 0.3) is 0 Å². The van der Waals surface area contributed by atoms with Crippen LogP contribution in [-0.4, -0.2) is 62.6 Å². The Morgan fingerprint density at radius 1 is 1.39 bits per heavy atom. The molecule has 0 aliphatic rings. The van der Waals surface area contributed by atoms with E-state index in [1.807, 2.05) is 0 Å². The van der Waals surface area contributed by atoms with E-state index in [1.54, 1.807) is 7.11 Å². The number of nitrogens with one attached hydrogen (secondary N) is 1. The lowest BCUT2D eigenvalue weighted by Crippen LogP contribution is -2.40. The van der Waals surface area contributed by atoms with Gasteiger partial charge in [-0.1, -0.05) is 13.8 Å². The van der Waals surface area contributed by atoms with Crippen molar-refractivity contribution < 1.29 is 9.84 Å². The van der Waals surface area contributed by atoms with E-state index in [4.69, 9.17) is 10.00 Å². The Kier molecular flexibility index (Phi) is 11.0. The predicted molar refractivity (Wildman–Crippen MR) is 72.3 cm³/mol. The van der Waals surface area contributed by atoms with Crippen LogP contribution in [0, 0.1) is 17.2 Å². The van der Waals surface area contributed by atoms with Gasteiger partial charge in [0.2, 0.25) is 0 Å². The largest absolute Gasteiger partial charge is 0.390 e. The Morgan fingerprint density at radius 3 is 2.67 bits per heavy atom. The Balaban J connectivity index is 3.86. The van der Waals surface area contributed by atoms with Gasteiger partial charge in [0.05, 0.1) is 18.8 Å². The normalized spacial score (nSPS) is 12.9. The maximum absolute atomic E-state index is 9.90. The van der Waals surface area contributed by atoms with E-state index in [2.05, 4.69) is 30.1 Å². The van der Waals surface area contributed by atoms with Crippen molar-refractivity contribution in [2.24, 2.45) is 5.92 Å². The van der Waals surface area contributed by atoms with Crippen molar-refractivity contribution in [3.05, 3.63) is 0 Å². The van der Waals surface area contributed by atoms with Gasteiger partial charge < -0.3 is 15.2 Å². The quantitative estimate of drug-likeness (QED) is 0.526. The van der Waals surface area contributed by atoms with Crippen LogP contribution in [0.1, 0.15) is 20.3 Å². The number of methoxy groups -OCH3 is 1. The summed E-state index contributed by atoms with van der Waals surface area (Å²) in [6.45, 7) is 8.49. The minimum atomic E-state index is -0.403. The summed E-state index contributed by atoms with van der Waals surface area (Å²) in [6.07, 6.45) is 0.107. The van der Waals surface area contributed by atoms with Crippen molar-refractivity contribution in [2.75, 3.05) is 46.4 Å². The molecule has 0 heterocycles. The maximum Gasteiger partial charge on any atom is 0.0791 e. The molecule has 18 heavy (non-hydrogen) atoms. The Hall–Kier alpha value is -0.670. The monoisotopic (exact) mass is 257 g/mol. The minimum absolute atomic E-state index is 0.403. The van der Waals surface area contributed by atoms with Crippen LogP contribution in [0.4, 0.5) is 0 Å². The molecule has 2 N–H and O–H groups in total. The zero-order chi connectivity index (χ0) is 13.8. The van der Waals surface area contributed by atoms with E-state index in [0.29, 0.717) is 32.0 Å². The fraction of sp³-hybridized carbons (Fsp3) is 0.923. The van der Waals surface area contributed by atoms with E-state index in [1.165, 1.54) is 0 Å². The summed E-state index contributed by atoms with van der Waals surface area (Å²) >= 11 is 0. The molecule has 0 aromatic rings. The van der Waals surface area contributed by atoms with Crippen LogP contribution in [0.5, 0.6) is 0 Å². The highest BCUT2D eigenvalue weighted by molar-refractivity contribution is 4.75. The topological polar surface area (TPSA) is 68.5 Å². The number of nitriles is 1. The van der Waals surface area contributed by atoms with E-state index >= 15 is 0 Å². The fourth-order valence-corrected chi connectivity index (χ4v) is 1.79. The summed E-state index contributed by atoms with van der Waals surface area (Å²) in [5.41, 5.74) is 0. The second-order valence-electron chi connectivity index (χ2n) is 4.91. The Labute approximate surface area is 111 Å². The van der Waals surface area contributed by atoms with Crippen LogP contribution in [0.2, 0.25) is 0 Å². The molecule has 0 aliphatic carbocycles. The number of aliphatic hydroxyl groups excluding tert-OH is 1. The van der Waals surface area contributed by atoms with Crippen LogP contribution in [0.15, 0.2) is 0 Å². The molecule has 1 unspecified atom stereocenters. The predicted octanol–water partition coefficient (Wildman–Crippen LogP) is 0.455. The van der Waals surface area contributed by atoms with E-state index in [-0.39, 0.29) is 0 Å². The first-order chi connectivity index (χ1) is 8.60. The number of hydrogen-bond donors (Lipinski definition) is 2. The average molecular weight is 257 g/mol. The lowest BCUT2D eigenvalue weighted by atomic mass is 10.2. The van der Waals surface area contributed by atoms with Crippen LogP contribution in [0.3, 0.4) is 0 Å². The highest BCUT2D eigenvalue weighted by Gasteiger charge is 2.12. The van der Waals surface area contributed by atoms with Gasteiger partial charge in [-0.2, -0.15) is 5.26 Å². The van der Waals surface area contributed by atoms with Crippen molar-refractivity contribution in [3.8, 4) is 6.07 Å². The standard InChI is InChI=1S/C13H27N3O2/c1-12(2)10-16(7-4-5-14)11-13(17)9-15-6-8-18-3/h12-13,15,17H,4,6-11H2,1-3H3. The minimum Gasteiger partial charge on any atom is -0.390 e. The number of aliphatic hydroxyl groups is 1. The Bertz CT molecular complexity index is 229. The number of nitrogens with zero attached hydrogens (tertiary/aromatic N) is 2. The Morgan fingerprint density at radius 2 is 2.11 bits per heavy atom. The number of rotatable bonds is 11. The van der Waals surface area contributed by atoms with Gasteiger partial charge in [0.1, 0.15) is 0 Å². The van der Waals surface area contributed by atoms with Gasteiger partial charge in [-0.3, -0.25) is 4.90 Å². The van der Waals surface area contributed by atoms with Gasteiger partial charge in [0.15, 0.2) is 0 Å². The van der Waals surface area contributed by atoms with Gasteiger partial charge in [0, 0.05) is 46.3 Å². The second-order valence-corrected chi connectivity index (χ2v) is 4.91. The third-order valence-corrected chi connectivity index (χ3v) is 2.50. The third-order valence-electron chi connectivity index (χ3n) is 2.50. The summed E-state index contributed by atoms with van der Waals surface area (Å²) in [7, 11) is 1.66. The highest BCUT2D eigenvalue weighted by atomic mass is 16.5. The molecule has 0 saturated heterocycles. The smallest absolute Gasteiger partial charge is 0.0791 e. The summed E-state index contributed by atoms with van der Waals surface area (Å²) < 4.78 is 4.92. The lowest BCUT2D eigenvalue weighted by molar-refractivity contribution is 0.103. The lowest BCUT2D eigenvalue weighted by Gasteiger charge is -2.26. The molecule has 0 fully saturated rings. The molecule has 5 nitrogen and oxygen atoms in total. The molecule has 0 saturated carbocycles. The molecule has 1 atom stereocenters. The van der Waals surface area contributed by atoms with Gasteiger partial charge in [-0.25, -0.2) is 0 Å². The summed E-state index contributed by atoms with van der Waals surface area (Å²) in [4.78, 5) is 2.15. The summed E-state index contributed by atoms with van der Waals surface area (Å²) in [5, 5.41) is 21.7. The molecular weight excluding hydrogens is 230 g/mol. The highest BCUT2D eigenvalue weighted by Crippen LogP contribution is 2.01. The molecule has 0 radical (unpaired) electrons. The first-order valence-electron chi connectivity index (χ1n) is 6.57. The van der Waals surface area contributed by atoms with Crippen LogP contribution < -0.4 is 5.32 Å². The molecule has 0 spiro atoms. The molecule has 0 bridgehead atoms. The van der Waals surface area contributed by atoms with E-state index < -0.39 is 6.10 Å². The first kappa shape index (κ1) is 17.3. The maximum atomic E-state index is 9.90. The summed E-state index contributed by atoms with van der Waals surface area (Å²) in [5.74, 6) is 0.539. The zero-order valence-electron chi connectivity index (χ0n) is 11.9. The molecule has 0 rings (SSSR count). The summed E-state index contributed by atoms with van der Waals surface area (Å²) in [6, 6.07) is 2.15. The van der Waals surface area contributed by atoms with Gasteiger partial charge in [-0.15, -0.1) is 0 Å². The van der Waals surface area contributed by atoms with E-state index in [0.717, 1.165) is 19.6 Å². The fourth-order valence-electron chi connectivity index (χ4n) is 1.79. The number of hydrogen-bond acceptors (Lipinski definition) is 5. The van der Waals surface area contributed by atoms with Gasteiger partial charge in [-0.05, 0) is 5.92 Å². The van der Waals surface area contributed by atoms with Crippen molar-refractivity contribution in [1.82, 2.24) is 10.2 Å². The van der Waals surface area contributed by atoms with Crippen molar-refractivity contribution >= 4 is 0 Å². The van der Waals surface area contributed by atoms with Crippen molar-refractivity contribution in [1.29, 1.82) is 5.26 Å². The molecule has 0 aliphatic heterocycles. The first-order valence-corrected chi connectivity index (χ1v) is 6.57. The van der Waals surface area contributed by atoms with Crippen LogP contribution in [-0.2, 0) is 4.74 Å². The van der Waals surface area contributed by atoms with Crippen LogP contribution in [0.25, 0.3) is 0 Å². The molecule has 0 aromatic heterocycles. The molecule has 5 heteroatoms. The molecule has 0 amide bonds. The van der Waals surface area contributed by atoms with Crippen molar-refractivity contribution in [3.63, 3.8) is 0 Å². The number of ether oxygens (including phenoxy) is 1. The average Bonchev–Trinajstić information content (AvgIpc) is 2.31.